The van der Waals surface area contributed by atoms with Crippen LogP contribution in [0, 0.1) is 0 Å². The van der Waals surface area contributed by atoms with Crippen molar-refractivity contribution in [3.63, 3.8) is 0 Å². The van der Waals surface area contributed by atoms with E-state index in [4.69, 9.17) is 4.74 Å². The molecule has 2 amide bonds. The molecule has 156 valence electrons. The third-order valence-corrected chi connectivity index (χ3v) is 4.10. The van der Waals surface area contributed by atoms with E-state index in [0.29, 0.717) is 12.1 Å². The minimum absolute atomic E-state index is 0.140. The summed E-state index contributed by atoms with van der Waals surface area (Å²) in [5, 5.41) is 5.16. The summed E-state index contributed by atoms with van der Waals surface area (Å²) in [7, 11) is 0. The highest BCUT2D eigenvalue weighted by Crippen LogP contribution is 2.06. The fraction of sp³-hybridized carbons (Fsp3) is 0.217. The van der Waals surface area contributed by atoms with Crippen molar-refractivity contribution in [2.24, 2.45) is 0 Å². The average Bonchev–Trinajstić information content (AvgIpc) is 2.75. The molecule has 0 bridgehead atoms. The maximum Gasteiger partial charge on any atom is 0.328 e. The molecule has 0 radical (unpaired) electrons. The third-order valence-electron chi connectivity index (χ3n) is 4.10. The lowest BCUT2D eigenvalue weighted by Gasteiger charge is -2.12. The second kappa shape index (κ2) is 11.3. The second-order valence-electron chi connectivity index (χ2n) is 6.61. The minimum Gasteiger partial charge on any atom is -0.456 e. The van der Waals surface area contributed by atoms with E-state index in [1.54, 1.807) is 30.3 Å². The number of hydrogen-bond acceptors (Lipinski definition) is 5. The largest absolute Gasteiger partial charge is 0.456 e. The van der Waals surface area contributed by atoms with E-state index < -0.39 is 24.5 Å². The highest BCUT2D eigenvalue weighted by Gasteiger charge is 2.18. The molecule has 0 aliphatic heterocycles. The molecule has 0 spiro atoms. The molecule has 0 fully saturated rings. The summed E-state index contributed by atoms with van der Waals surface area (Å²) in [6.45, 7) is 2.85. The van der Waals surface area contributed by atoms with Crippen LogP contribution in [0.5, 0.6) is 0 Å². The molecule has 0 saturated carbocycles. The Labute approximate surface area is 175 Å². The predicted octanol–water partition coefficient (Wildman–Crippen LogP) is 2.27. The summed E-state index contributed by atoms with van der Waals surface area (Å²) < 4.78 is 5.01. The number of carbonyl (C=O) groups is 4. The van der Waals surface area contributed by atoms with E-state index in [-0.39, 0.29) is 11.7 Å². The number of benzene rings is 2. The van der Waals surface area contributed by atoms with Gasteiger partial charge in [0, 0.05) is 25.1 Å². The fourth-order valence-electron chi connectivity index (χ4n) is 2.44. The standard InChI is InChI=1S/C23H24N2O5/c1-16(25-22(28)13-10-18-6-4-3-5-7-18)23(29)30-15-21(27)20-11-8-19(9-12-20)14-24-17(2)26/h3-13,16H,14-15H2,1-2H3,(H,24,26)(H,25,28)/b13-10+/t16-/m0/s1. The van der Waals surface area contributed by atoms with Crippen molar-refractivity contribution in [3.05, 3.63) is 77.4 Å². The molecule has 0 aromatic heterocycles. The quantitative estimate of drug-likeness (QED) is 0.377. The van der Waals surface area contributed by atoms with Crippen molar-refractivity contribution >= 4 is 29.6 Å². The topological polar surface area (TPSA) is 102 Å². The first-order chi connectivity index (χ1) is 14.3. The summed E-state index contributed by atoms with van der Waals surface area (Å²) >= 11 is 0. The van der Waals surface area contributed by atoms with Crippen LogP contribution in [0.2, 0.25) is 0 Å². The van der Waals surface area contributed by atoms with Crippen LogP contribution in [0.4, 0.5) is 0 Å². The molecule has 0 aliphatic rings. The van der Waals surface area contributed by atoms with E-state index in [0.717, 1.165) is 11.1 Å². The van der Waals surface area contributed by atoms with Gasteiger partial charge in [0.15, 0.2) is 12.4 Å². The first kappa shape index (κ1) is 22.5. The highest BCUT2D eigenvalue weighted by molar-refractivity contribution is 5.98. The van der Waals surface area contributed by atoms with Gasteiger partial charge in [-0.15, -0.1) is 0 Å². The summed E-state index contributed by atoms with van der Waals surface area (Å²) in [5.41, 5.74) is 2.09. The van der Waals surface area contributed by atoms with Gasteiger partial charge in [-0.2, -0.15) is 0 Å². The molecule has 30 heavy (non-hydrogen) atoms. The van der Waals surface area contributed by atoms with Gasteiger partial charge in [0.1, 0.15) is 6.04 Å². The van der Waals surface area contributed by atoms with Crippen molar-refractivity contribution in [2.75, 3.05) is 6.61 Å². The molecule has 2 N–H and O–H groups in total. The van der Waals surface area contributed by atoms with Crippen molar-refractivity contribution < 1.29 is 23.9 Å². The number of ether oxygens (including phenoxy) is 1. The molecule has 0 heterocycles. The van der Waals surface area contributed by atoms with Gasteiger partial charge in [0.25, 0.3) is 0 Å². The lowest BCUT2D eigenvalue weighted by Crippen LogP contribution is -2.39. The van der Waals surface area contributed by atoms with E-state index in [1.807, 2.05) is 30.3 Å². The first-order valence-corrected chi connectivity index (χ1v) is 9.42. The summed E-state index contributed by atoms with van der Waals surface area (Å²) in [4.78, 5) is 47.1. The van der Waals surface area contributed by atoms with Crippen molar-refractivity contribution in [1.29, 1.82) is 0 Å². The molecule has 1 atom stereocenters. The maximum absolute atomic E-state index is 12.2. The van der Waals surface area contributed by atoms with Crippen LogP contribution in [0.15, 0.2) is 60.7 Å². The van der Waals surface area contributed by atoms with Gasteiger partial charge in [-0.1, -0.05) is 54.6 Å². The number of rotatable bonds is 9. The zero-order chi connectivity index (χ0) is 21.9. The summed E-state index contributed by atoms with van der Waals surface area (Å²) in [5.74, 6) is -1.65. The molecular weight excluding hydrogens is 384 g/mol. The van der Waals surface area contributed by atoms with E-state index in [2.05, 4.69) is 10.6 Å². The van der Waals surface area contributed by atoms with Crippen LogP contribution in [0.25, 0.3) is 6.08 Å². The number of carbonyl (C=O) groups excluding carboxylic acids is 4. The zero-order valence-electron chi connectivity index (χ0n) is 16.9. The Morgan fingerprint density at radius 2 is 1.67 bits per heavy atom. The molecule has 2 aromatic carbocycles. The van der Waals surface area contributed by atoms with Gasteiger partial charge in [-0.25, -0.2) is 4.79 Å². The Hall–Kier alpha value is -3.74. The Morgan fingerprint density at radius 3 is 2.30 bits per heavy atom. The molecule has 0 saturated heterocycles. The summed E-state index contributed by atoms with van der Waals surface area (Å²) in [6, 6.07) is 15.0. The van der Waals surface area contributed by atoms with Crippen molar-refractivity contribution in [2.45, 2.75) is 26.4 Å². The van der Waals surface area contributed by atoms with Crippen LogP contribution in [-0.4, -0.2) is 36.2 Å². The van der Waals surface area contributed by atoms with Crippen LogP contribution >= 0.6 is 0 Å². The van der Waals surface area contributed by atoms with Gasteiger partial charge in [0.05, 0.1) is 0 Å². The number of amides is 2. The number of esters is 1. The number of ketones is 1. The van der Waals surface area contributed by atoms with E-state index in [1.165, 1.54) is 19.9 Å². The van der Waals surface area contributed by atoms with Gasteiger partial charge in [-0.05, 0) is 24.1 Å². The Morgan fingerprint density at radius 1 is 1.00 bits per heavy atom. The molecule has 7 heteroatoms. The van der Waals surface area contributed by atoms with E-state index >= 15 is 0 Å². The average molecular weight is 408 g/mol. The zero-order valence-corrected chi connectivity index (χ0v) is 16.9. The monoisotopic (exact) mass is 408 g/mol. The SMILES string of the molecule is CC(=O)NCc1ccc(C(=O)COC(=O)[C@H](C)NC(=O)/C=C/c2ccccc2)cc1. The number of hydrogen-bond donors (Lipinski definition) is 2. The van der Waals surface area contributed by atoms with Crippen LogP contribution in [-0.2, 0) is 25.7 Å². The van der Waals surface area contributed by atoms with Gasteiger partial charge in [0.2, 0.25) is 11.8 Å². The maximum atomic E-state index is 12.2. The molecule has 2 aromatic rings. The normalized spacial score (nSPS) is 11.5. The Bertz CT molecular complexity index is 920. The molecule has 0 unspecified atom stereocenters. The van der Waals surface area contributed by atoms with Crippen molar-refractivity contribution in [3.8, 4) is 0 Å². The smallest absolute Gasteiger partial charge is 0.328 e. The number of Topliss-reactive ketones (excluding diaryl/α,β-unsaturated/α-hetero) is 1. The lowest BCUT2D eigenvalue weighted by atomic mass is 10.1. The van der Waals surface area contributed by atoms with E-state index in [9.17, 15) is 19.2 Å². The lowest BCUT2D eigenvalue weighted by molar-refractivity contribution is -0.145. The second-order valence-corrected chi connectivity index (χ2v) is 6.61. The fourth-order valence-corrected chi connectivity index (χ4v) is 2.44. The molecular formula is C23H24N2O5. The molecule has 2 rings (SSSR count). The Kier molecular flexibility index (Phi) is 8.50. The van der Waals surface area contributed by atoms with Crippen molar-refractivity contribution in [1.82, 2.24) is 10.6 Å². The molecule has 0 aliphatic carbocycles. The first-order valence-electron chi connectivity index (χ1n) is 9.42. The van der Waals surface area contributed by atoms with Gasteiger partial charge >= 0.3 is 5.97 Å². The predicted molar refractivity (Wildman–Crippen MR) is 112 cm³/mol. The van der Waals surface area contributed by atoms with Gasteiger partial charge in [-0.3, -0.25) is 14.4 Å². The Balaban J connectivity index is 1.78. The highest BCUT2D eigenvalue weighted by atomic mass is 16.5. The van der Waals surface area contributed by atoms with Crippen LogP contribution in [0.3, 0.4) is 0 Å². The van der Waals surface area contributed by atoms with Gasteiger partial charge < -0.3 is 15.4 Å². The molecule has 7 nitrogen and oxygen atoms in total. The third kappa shape index (κ3) is 7.71. The van der Waals surface area contributed by atoms with Crippen LogP contribution < -0.4 is 10.6 Å². The minimum atomic E-state index is -0.897. The van der Waals surface area contributed by atoms with Crippen LogP contribution in [0.1, 0.15) is 35.3 Å². The number of nitrogens with one attached hydrogen (secondary N) is 2. The summed E-state index contributed by atoms with van der Waals surface area (Å²) in [6.07, 6.45) is 2.96.